The molecule has 0 aliphatic rings. The van der Waals surface area contributed by atoms with Crippen molar-refractivity contribution in [3.8, 4) is 33.9 Å². The largest absolute Gasteiger partial charge is 0.478 e. The third-order valence-corrected chi connectivity index (χ3v) is 9.33. The molecule has 0 saturated heterocycles. The Bertz CT molecular complexity index is 3300. The van der Waals surface area contributed by atoms with E-state index in [0.717, 1.165) is 24.7 Å². The lowest BCUT2D eigenvalue weighted by atomic mass is 10.0. The Labute approximate surface area is 434 Å². The summed E-state index contributed by atoms with van der Waals surface area (Å²) in [5.74, 6) is -11.2. The summed E-state index contributed by atoms with van der Waals surface area (Å²) < 4.78 is 0. The van der Waals surface area contributed by atoms with Gasteiger partial charge in [0.15, 0.2) is 11.4 Å². The molecule has 78 heavy (non-hydrogen) atoms. The molecular formula is C50H34N8O20. The highest BCUT2D eigenvalue weighted by Gasteiger charge is 2.15. The van der Waals surface area contributed by atoms with Crippen molar-refractivity contribution >= 4 is 59.7 Å². The Morgan fingerprint density at radius 3 is 1.03 bits per heavy atom. The van der Waals surface area contributed by atoms with Crippen LogP contribution < -0.4 is 0 Å². The van der Waals surface area contributed by atoms with Gasteiger partial charge in [-0.2, -0.15) is 0 Å². The smallest absolute Gasteiger partial charge is 0.356 e. The number of carboxylic acid groups (broad SMARTS) is 10. The van der Waals surface area contributed by atoms with Crippen LogP contribution in [0.1, 0.15) is 104 Å². The van der Waals surface area contributed by atoms with Crippen LogP contribution in [0.2, 0.25) is 0 Å². The molecule has 7 aromatic heterocycles. The number of hydrogen-bond acceptors (Lipinski definition) is 18. The Morgan fingerprint density at radius 2 is 0.679 bits per heavy atom. The predicted octanol–water partition coefficient (Wildman–Crippen LogP) is 5.58. The maximum absolute atomic E-state index is 11.1. The average Bonchev–Trinajstić information content (AvgIpc) is 3.45. The molecule has 8 rings (SSSR count). The first-order valence-electron chi connectivity index (χ1n) is 21.0. The molecule has 7 heterocycles. The van der Waals surface area contributed by atoms with Crippen LogP contribution in [-0.2, 0) is 0 Å². The van der Waals surface area contributed by atoms with Gasteiger partial charge in [0, 0.05) is 48.9 Å². The summed E-state index contributed by atoms with van der Waals surface area (Å²) in [6.07, 6.45) is 10.6. The van der Waals surface area contributed by atoms with Gasteiger partial charge < -0.3 is 51.1 Å². The lowest BCUT2D eigenvalue weighted by molar-refractivity contribution is 0.0670. The van der Waals surface area contributed by atoms with E-state index < -0.39 is 59.7 Å². The molecule has 0 aliphatic carbocycles. The molecule has 0 aliphatic heterocycles. The molecular weight excluding hydrogens is 1030 g/mol. The lowest BCUT2D eigenvalue weighted by Crippen LogP contribution is -2.06. The molecule has 8 aromatic rings. The number of aromatic nitrogens is 8. The highest BCUT2D eigenvalue weighted by molar-refractivity contribution is 5.97. The van der Waals surface area contributed by atoms with Crippen molar-refractivity contribution in [2.75, 3.05) is 0 Å². The van der Waals surface area contributed by atoms with E-state index in [1.807, 2.05) is 0 Å². The Kier molecular flexibility index (Phi) is 20.7. The third kappa shape index (κ3) is 17.3. The van der Waals surface area contributed by atoms with E-state index in [1.165, 1.54) is 104 Å². The van der Waals surface area contributed by atoms with Gasteiger partial charge in [-0.15, -0.1) is 0 Å². The Hall–Kier alpha value is -12.1. The van der Waals surface area contributed by atoms with Gasteiger partial charge in [0.1, 0.15) is 5.69 Å². The Morgan fingerprint density at radius 1 is 0.282 bits per heavy atom. The first kappa shape index (κ1) is 58.5. The van der Waals surface area contributed by atoms with Crippen LogP contribution in [-0.4, -0.2) is 151 Å². The quantitative estimate of drug-likeness (QED) is 0.0674. The number of carboxylic acids is 10. The van der Waals surface area contributed by atoms with Crippen LogP contribution in [0, 0.1) is 0 Å². The van der Waals surface area contributed by atoms with Gasteiger partial charge in [-0.05, 0) is 78.4 Å². The zero-order valence-electron chi connectivity index (χ0n) is 39.0. The maximum Gasteiger partial charge on any atom is 0.356 e. The monoisotopic (exact) mass is 1070 g/mol. The van der Waals surface area contributed by atoms with Gasteiger partial charge in [-0.3, -0.25) is 24.9 Å². The number of carbonyl (C=O) groups is 10. The van der Waals surface area contributed by atoms with Crippen molar-refractivity contribution in [3.63, 3.8) is 0 Å². The first-order valence-corrected chi connectivity index (χ1v) is 21.0. The summed E-state index contributed by atoms with van der Waals surface area (Å²) in [7, 11) is 0. The molecule has 0 atom stereocenters. The van der Waals surface area contributed by atoms with Crippen molar-refractivity contribution in [1.82, 2.24) is 39.9 Å². The van der Waals surface area contributed by atoms with E-state index in [1.54, 1.807) is 18.2 Å². The molecule has 0 amide bonds. The fourth-order valence-corrected chi connectivity index (χ4v) is 5.57. The van der Waals surface area contributed by atoms with E-state index in [2.05, 4.69) is 39.9 Å². The van der Waals surface area contributed by atoms with Crippen molar-refractivity contribution in [2.24, 2.45) is 0 Å². The third-order valence-electron chi connectivity index (χ3n) is 9.33. The van der Waals surface area contributed by atoms with Crippen LogP contribution >= 0.6 is 0 Å². The summed E-state index contributed by atoms with van der Waals surface area (Å²) in [4.78, 5) is 136. The van der Waals surface area contributed by atoms with E-state index >= 15 is 0 Å². The fourth-order valence-electron chi connectivity index (χ4n) is 5.57. The van der Waals surface area contributed by atoms with Crippen molar-refractivity contribution < 1.29 is 99.0 Å². The van der Waals surface area contributed by atoms with Gasteiger partial charge in [0.25, 0.3) is 0 Å². The number of hydrogen-bond donors (Lipinski definition) is 10. The summed E-state index contributed by atoms with van der Waals surface area (Å²) >= 11 is 0. The van der Waals surface area contributed by atoms with Gasteiger partial charge >= 0.3 is 59.7 Å². The first-order chi connectivity index (χ1) is 37.0. The fraction of sp³-hybridized carbons (Fsp3) is 0. The molecule has 0 radical (unpaired) electrons. The highest BCUT2D eigenvalue weighted by Crippen LogP contribution is 2.24. The number of aromatic carboxylic acids is 10. The van der Waals surface area contributed by atoms with Crippen LogP contribution in [0.15, 0.2) is 147 Å². The maximum atomic E-state index is 11.1. The second-order valence-electron chi connectivity index (χ2n) is 14.5. The molecule has 0 spiro atoms. The molecule has 10 N–H and O–H groups in total. The standard InChI is InChI=1S/C13H9NO4.2C12H8N2O4.C7H5NO4.C6H4N2O4/c15-12(16)9-5-8(6-14-7-9)10-3-1-2-4-11(10)13(17)18;15-11(16)7-1-3-13-9(5-7)10-6-8(12(17)18)2-4-14-10;15-11(16)7-1-3-9(13-5-7)10-4-2-8(6-14-10)12(17)18;9-6(10)4-1-2-5(7(11)12)8-3-4;9-5(10)3-1-7-4(2-8-3)6(11)12/h1-7H,(H,15,16)(H,17,18);2*1-6H,(H,15,16)(H,17,18);1-3H,(H,9,10)(H,11,12);1-2H,(H,9,10)(H,11,12). The van der Waals surface area contributed by atoms with Crippen LogP contribution in [0.25, 0.3) is 33.9 Å². The number of benzene rings is 1. The van der Waals surface area contributed by atoms with Crippen molar-refractivity contribution in [2.45, 2.75) is 0 Å². The minimum Gasteiger partial charge on any atom is -0.478 e. The highest BCUT2D eigenvalue weighted by atomic mass is 16.4. The summed E-state index contributed by atoms with van der Waals surface area (Å²) in [6, 6.07) is 21.4. The second kappa shape index (κ2) is 27.6. The molecule has 28 heteroatoms. The second-order valence-corrected chi connectivity index (χ2v) is 14.5. The Balaban J connectivity index is 0.000000213. The summed E-state index contributed by atoms with van der Waals surface area (Å²) in [6.45, 7) is 0. The van der Waals surface area contributed by atoms with E-state index in [4.69, 9.17) is 51.1 Å². The predicted molar refractivity (Wildman–Crippen MR) is 260 cm³/mol. The molecule has 28 nitrogen and oxygen atoms in total. The summed E-state index contributed by atoms with van der Waals surface area (Å²) in [5.41, 5.74) is 2.21. The van der Waals surface area contributed by atoms with Gasteiger partial charge in [0.05, 0.1) is 74.1 Å². The normalized spacial score (nSPS) is 9.79. The van der Waals surface area contributed by atoms with Crippen LogP contribution in [0.5, 0.6) is 0 Å². The van der Waals surface area contributed by atoms with Crippen LogP contribution in [0.3, 0.4) is 0 Å². The molecule has 0 bridgehead atoms. The van der Waals surface area contributed by atoms with E-state index in [0.29, 0.717) is 33.9 Å². The minimum absolute atomic E-state index is 0.0210. The van der Waals surface area contributed by atoms with E-state index in [9.17, 15) is 47.9 Å². The lowest BCUT2D eigenvalue weighted by Gasteiger charge is -2.06. The number of rotatable bonds is 13. The zero-order valence-corrected chi connectivity index (χ0v) is 39.0. The van der Waals surface area contributed by atoms with Crippen molar-refractivity contribution in [3.05, 3.63) is 203 Å². The molecule has 0 unspecified atom stereocenters. The topological polar surface area (TPSA) is 476 Å². The number of pyridine rings is 6. The van der Waals surface area contributed by atoms with Crippen molar-refractivity contribution in [1.29, 1.82) is 0 Å². The molecule has 394 valence electrons. The van der Waals surface area contributed by atoms with Gasteiger partial charge in [-0.1, -0.05) is 18.2 Å². The van der Waals surface area contributed by atoms with E-state index in [-0.39, 0.29) is 56.0 Å². The molecule has 0 saturated carbocycles. The van der Waals surface area contributed by atoms with Gasteiger partial charge in [-0.25, -0.2) is 62.9 Å². The SMILES string of the molecule is O=C(O)c1ccc(-c2ccc(C(=O)O)cn2)nc1.O=C(O)c1ccc(C(=O)O)nc1.O=C(O)c1ccnc(-c2cc(C(=O)O)ccn2)c1.O=C(O)c1cnc(C(=O)O)cn1.O=C(O)c1cncc(-c2ccccc2C(=O)O)c1. The van der Waals surface area contributed by atoms with Gasteiger partial charge in [0.2, 0.25) is 0 Å². The minimum atomic E-state index is -1.24. The van der Waals surface area contributed by atoms with Crippen LogP contribution in [0.4, 0.5) is 0 Å². The molecule has 0 fully saturated rings. The summed E-state index contributed by atoms with van der Waals surface area (Å²) in [5, 5.41) is 86.7. The average molecular weight is 1070 g/mol. The zero-order chi connectivity index (χ0) is 57.6. The number of nitrogens with zero attached hydrogens (tertiary/aromatic N) is 8. The molecule has 1 aromatic carbocycles.